The predicted molar refractivity (Wildman–Crippen MR) is 80.9 cm³/mol. The molecule has 0 aliphatic carbocycles. The lowest BCUT2D eigenvalue weighted by molar-refractivity contribution is 0.279. The molecule has 142 valence electrons. The minimum Gasteiger partial charge on any atom is -0.509 e. The van der Waals surface area contributed by atoms with Gasteiger partial charge in [0.25, 0.3) is 0 Å². The van der Waals surface area contributed by atoms with Crippen LogP contribution in [0.4, 0.5) is 30.7 Å². The van der Waals surface area contributed by atoms with Gasteiger partial charge in [-0.1, -0.05) is 36.4 Å². The molecule has 0 spiro atoms. The van der Waals surface area contributed by atoms with Crippen LogP contribution in [0, 0.1) is 40.7 Å². The van der Waals surface area contributed by atoms with Crippen molar-refractivity contribution in [3.8, 4) is 5.75 Å². The molecular weight excluding hydrogens is 384 g/mol. The van der Waals surface area contributed by atoms with E-state index in [-0.39, 0.29) is 0 Å². The first-order chi connectivity index (χ1) is 12.7. The van der Waals surface area contributed by atoms with Crippen molar-refractivity contribution in [1.82, 2.24) is 0 Å². The third kappa shape index (κ3) is 3.98. The highest BCUT2D eigenvalue weighted by atomic mass is 19.2. The smallest absolute Gasteiger partial charge is 0.509 e. The van der Waals surface area contributed by atoms with Crippen LogP contribution in [0.15, 0.2) is 36.4 Å². The maximum atomic E-state index is 13.6. The number of halogens is 7. The van der Waals surface area contributed by atoms with E-state index in [9.17, 15) is 30.7 Å². The van der Waals surface area contributed by atoms with E-state index in [1.807, 2.05) is 36.4 Å². The first kappa shape index (κ1) is 20.5. The van der Waals surface area contributed by atoms with Crippen molar-refractivity contribution in [2.45, 2.75) is 0 Å². The van der Waals surface area contributed by atoms with Gasteiger partial charge in [0, 0.05) is 0 Å². The lowest BCUT2D eigenvalue weighted by Crippen LogP contribution is -2.22. The second-order valence-electron chi connectivity index (χ2n) is 4.88. The molecule has 0 aliphatic heterocycles. The fourth-order valence-electron chi connectivity index (χ4n) is 2.07. The molecule has 0 bridgehead atoms. The van der Waals surface area contributed by atoms with Crippen LogP contribution in [0.3, 0.4) is 0 Å². The zero-order chi connectivity index (χ0) is 20.3. The molecule has 3 nitrogen and oxygen atoms in total. The fraction of sp³-hybridized carbons (Fsp3) is 0. The zero-order valence-corrected chi connectivity index (χ0v) is 13.0. The molecule has 0 aliphatic rings. The summed E-state index contributed by atoms with van der Waals surface area (Å²) in [4.78, 5) is 0. The first-order valence-electron chi connectivity index (χ1n) is 7.03. The Morgan fingerprint density at radius 3 is 1.22 bits per heavy atom. The van der Waals surface area contributed by atoms with Gasteiger partial charge in [0.2, 0.25) is 5.82 Å². The molecule has 0 radical (unpaired) electrons. The molecule has 27 heavy (non-hydrogen) atoms. The summed E-state index contributed by atoms with van der Waals surface area (Å²) in [6, 6.07) is 12.0. The Kier molecular flexibility index (Phi) is 6.29. The van der Waals surface area contributed by atoms with Crippen LogP contribution >= 0.6 is 0 Å². The second kappa shape index (κ2) is 8.27. The van der Waals surface area contributed by atoms with Gasteiger partial charge in [0.15, 0.2) is 40.7 Å². The molecule has 0 saturated heterocycles. The Bertz CT molecular complexity index is 933. The van der Waals surface area contributed by atoms with E-state index in [0.717, 1.165) is 0 Å². The summed E-state index contributed by atoms with van der Waals surface area (Å²) < 4.78 is 97.1. The van der Waals surface area contributed by atoms with E-state index in [2.05, 4.69) is 4.65 Å². The zero-order valence-electron chi connectivity index (χ0n) is 13.0. The van der Waals surface area contributed by atoms with Crippen LogP contribution in [-0.2, 0) is 0 Å². The van der Waals surface area contributed by atoms with Gasteiger partial charge >= 0.3 is 7.32 Å². The molecule has 3 rings (SSSR count). The van der Waals surface area contributed by atoms with Crippen molar-refractivity contribution < 1.29 is 45.4 Å². The van der Waals surface area contributed by atoms with Gasteiger partial charge in [-0.15, -0.1) is 0 Å². The summed E-state index contributed by atoms with van der Waals surface area (Å²) in [6.07, 6.45) is 0. The van der Waals surface area contributed by atoms with Crippen molar-refractivity contribution in [2.75, 3.05) is 0 Å². The van der Waals surface area contributed by atoms with Crippen LogP contribution in [0.25, 0.3) is 10.8 Å². The van der Waals surface area contributed by atoms with E-state index in [0.29, 0.717) is 0 Å². The Morgan fingerprint density at radius 1 is 0.519 bits per heavy atom. The van der Waals surface area contributed by atoms with Gasteiger partial charge in [0.1, 0.15) is 0 Å². The van der Waals surface area contributed by atoms with Gasteiger partial charge in [-0.05, 0) is 0 Å². The Balaban J connectivity index is 0.000000369. The largest absolute Gasteiger partial charge is 0.707 e. The molecule has 2 N–H and O–H groups in total. The average Bonchev–Trinajstić information content (AvgIpc) is 2.66. The monoisotopic (exact) mass is 392 g/mol. The number of hydrogen-bond acceptors (Lipinski definition) is 3. The molecule has 11 heteroatoms. The SMILES string of the molecule is OB(O)Oc1c(F)c(F)c(F)c2c(F)c(F)c(F)c(F)c12.c1ccccc1. The van der Waals surface area contributed by atoms with Crippen molar-refractivity contribution in [2.24, 2.45) is 0 Å². The minimum atomic E-state index is -2.84. The quantitative estimate of drug-likeness (QED) is 0.302. The van der Waals surface area contributed by atoms with E-state index in [1.54, 1.807) is 0 Å². The minimum absolute atomic E-state index is 1.66. The molecule has 0 atom stereocenters. The topological polar surface area (TPSA) is 49.7 Å². The third-order valence-corrected chi connectivity index (χ3v) is 3.19. The van der Waals surface area contributed by atoms with E-state index < -0.39 is 64.6 Å². The maximum Gasteiger partial charge on any atom is 0.707 e. The van der Waals surface area contributed by atoms with Crippen molar-refractivity contribution in [3.05, 3.63) is 77.1 Å². The van der Waals surface area contributed by atoms with Gasteiger partial charge in [-0.3, -0.25) is 0 Å². The summed E-state index contributed by atoms with van der Waals surface area (Å²) in [6.45, 7) is 0. The van der Waals surface area contributed by atoms with Crippen LogP contribution < -0.4 is 4.65 Å². The number of fused-ring (bicyclic) bond motifs is 1. The van der Waals surface area contributed by atoms with E-state index in [4.69, 9.17) is 10.0 Å². The second-order valence-corrected chi connectivity index (χ2v) is 4.88. The van der Waals surface area contributed by atoms with E-state index in [1.165, 1.54) is 0 Å². The van der Waals surface area contributed by atoms with Crippen LogP contribution in [0.5, 0.6) is 5.75 Å². The van der Waals surface area contributed by atoms with Gasteiger partial charge in [0.05, 0.1) is 10.8 Å². The highest BCUT2D eigenvalue weighted by Crippen LogP contribution is 2.38. The van der Waals surface area contributed by atoms with E-state index >= 15 is 0 Å². The van der Waals surface area contributed by atoms with Crippen molar-refractivity contribution >= 4 is 18.1 Å². The molecule has 0 aromatic heterocycles. The van der Waals surface area contributed by atoms with Crippen molar-refractivity contribution in [1.29, 1.82) is 0 Å². The maximum absolute atomic E-state index is 13.6. The molecule has 0 fully saturated rings. The average molecular weight is 392 g/mol. The summed E-state index contributed by atoms with van der Waals surface area (Å²) in [5.74, 6) is -18.3. The molecule has 0 unspecified atom stereocenters. The number of rotatable bonds is 2. The van der Waals surface area contributed by atoms with Gasteiger partial charge in [-0.2, -0.15) is 4.39 Å². The molecule has 0 heterocycles. The standard InChI is InChI=1S/C10H2BF7O3.C6H6/c12-3-1-2(5(14)7(16)6(3)15)10(21-11(19)20)9(18)8(17)4(1)13;1-2-4-6-5-3-1/h19-20H;1-6H. The normalized spacial score (nSPS) is 10.4. The summed E-state index contributed by atoms with van der Waals surface area (Å²) in [5, 5.41) is 13.6. The van der Waals surface area contributed by atoms with Gasteiger partial charge in [-0.25, -0.2) is 26.3 Å². The highest BCUT2D eigenvalue weighted by molar-refractivity contribution is 6.34. The molecular formula is C16H8BF7O3. The molecule has 0 saturated carbocycles. The lowest BCUT2D eigenvalue weighted by Gasteiger charge is -2.13. The van der Waals surface area contributed by atoms with Crippen molar-refractivity contribution in [3.63, 3.8) is 0 Å². The Hall–Kier alpha value is -2.79. The number of hydrogen-bond donors (Lipinski definition) is 2. The predicted octanol–water partition coefficient (Wildman–Crippen LogP) is 3.85. The third-order valence-electron chi connectivity index (χ3n) is 3.19. The first-order valence-corrected chi connectivity index (χ1v) is 7.03. The molecule has 3 aromatic rings. The van der Waals surface area contributed by atoms with Gasteiger partial charge < -0.3 is 14.7 Å². The molecule has 3 aromatic carbocycles. The molecule has 0 amide bonds. The number of benzene rings is 3. The summed E-state index contributed by atoms with van der Waals surface area (Å²) in [5.41, 5.74) is 0. The fourth-order valence-corrected chi connectivity index (χ4v) is 2.07. The lowest BCUT2D eigenvalue weighted by atomic mass is 10.0. The van der Waals surface area contributed by atoms with Crippen LogP contribution in [0.1, 0.15) is 0 Å². The van der Waals surface area contributed by atoms with Crippen LogP contribution in [-0.4, -0.2) is 17.4 Å². The highest BCUT2D eigenvalue weighted by Gasteiger charge is 2.32. The Labute approximate surface area is 147 Å². The summed E-state index contributed by atoms with van der Waals surface area (Å²) >= 11 is 0. The Morgan fingerprint density at radius 2 is 0.852 bits per heavy atom. The van der Waals surface area contributed by atoms with Crippen LogP contribution in [0.2, 0.25) is 0 Å². The summed E-state index contributed by atoms with van der Waals surface area (Å²) in [7, 11) is -2.84.